The number of rotatable bonds is 5. The molecule has 0 aromatic heterocycles. The molecule has 0 unspecified atom stereocenters. The van der Waals surface area contributed by atoms with E-state index in [1.54, 1.807) is 24.3 Å². The lowest BCUT2D eigenvalue weighted by Gasteiger charge is -2.32. The maximum Gasteiger partial charge on any atom is 0.243 e. The van der Waals surface area contributed by atoms with Crippen LogP contribution in [-0.4, -0.2) is 51.6 Å². The summed E-state index contributed by atoms with van der Waals surface area (Å²) < 4.78 is 54.0. The Hall–Kier alpha value is -2.52. The molecule has 8 heteroatoms. The first-order chi connectivity index (χ1) is 14.4. The van der Waals surface area contributed by atoms with Crippen LogP contribution in [-0.2, 0) is 20.0 Å². The van der Waals surface area contributed by atoms with Gasteiger partial charge < -0.3 is 0 Å². The topological polar surface area (TPSA) is 74.8 Å². The summed E-state index contributed by atoms with van der Waals surface area (Å²) in [7, 11) is -7.30. The summed E-state index contributed by atoms with van der Waals surface area (Å²) in [5.74, 6) is 0. The van der Waals surface area contributed by atoms with Crippen LogP contribution in [0.1, 0.15) is 5.56 Å². The lowest BCUT2D eigenvalue weighted by molar-refractivity contribution is 0.275. The van der Waals surface area contributed by atoms with Crippen LogP contribution in [0.4, 0.5) is 0 Å². The normalized spacial score (nSPS) is 16.9. The molecule has 3 aromatic carbocycles. The zero-order valence-electron chi connectivity index (χ0n) is 16.3. The molecule has 1 saturated heterocycles. The van der Waals surface area contributed by atoms with E-state index in [1.807, 2.05) is 54.6 Å². The number of fused-ring (bicyclic) bond motifs is 1. The van der Waals surface area contributed by atoms with Gasteiger partial charge in [0.05, 0.1) is 4.90 Å². The minimum absolute atomic E-state index is 0.119. The molecule has 1 fully saturated rings. The molecule has 4 rings (SSSR count). The van der Waals surface area contributed by atoms with Crippen molar-refractivity contribution >= 4 is 36.9 Å². The van der Waals surface area contributed by atoms with Crippen LogP contribution in [0.2, 0.25) is 0 Å². The van der Waals surface area contributed by atoms with E-state index in [2.05, 4.69) is 0 Å². The van der Waals surface area contributed by atoms with Crippen molar-refractivity contribution < 1.29 is 16.8 Å². The standard InChI is InChI=1S/C22H22N2O4S2/c25-29(26,17-12-19-6-2-1-3-7-19)23-13-15-24(16-14-23)30(27,28)22-11-10-20-8-4-5-9-21(20)18-22/h1-12,17-18H,13-16H2. The lowest BCUT2D eigenvalue weighted by Crippen LogP contribution is -2.49. The van der Waals surface area contributed by atoms with Crippen molar-refractivity contribution in [3.8, 4) is 0 Å². The van der Waals surface area contributed by atoms with Gasteiger partial charge in [-0.3, -0.25) is 0 Å². The van der Waals surface area contributed by atoms with E-state index >= 15 is 0 Å². The number of nitrogens with zero attached hydrogens (tertiary/aromatic N) is 2. The van der Waals surface area contributed by atoms with Crippen LogP contribution in [0, 0.1) is 0 Å². The Morgan fingerprint density at radius 2 is 1.27 bits per heavy atom. The molecular formula is C22H22N2O4S2. The van der Waals surface area contributed by atoms with Gasteiger partial charge in [-0.15, -0.1) is 0 Å². The minimum Gasteiger partial charge on any atom is -0.208 e. The van der Waals surface area contributed by atoms with Crippen molar-refractivity contribution in [2.75, 3.05) is 26.2 Å². The van der Waals surface area contributed by atoms with E-state index in [0.717, 1.165) is 16.3 Å². The van der Waals surface area contributed by atoms with Gasteiger partial charge in [0, 0.05) is 31.6 Å². The number of hydrogen-bond acceptors (Lipinski definition) is 4. The smallest absolute Gasteiger partial charge is 0.208 e. The predicted octanol–water partition coefficient (Wildman–Crippen LogP) is 3.15. The molecule has 0 spiro atoms. The first-order valence-electron chi connectivity index (χ1n) is 9.58. The first kappa shape index (κ1) is 20.7. The maximum atomic E-state index is 13.0. The Morgan fingerprint density at radius 1 is 0.667 bits per heavy atom. The van der Waals surface area contributed by atoms with Gasteiger partial charge in [-0.05, 0) is 34.5 Å². The van der Waals surface area contributed by atoms with Crippen LogP contribution in [0.5, 0.6) is 0 Å². The van der Waals surface area contributed by atoms with Gasteiger partial charge in [0.1, 0.15) is 0 Å². The molecule has 0 saturated carbocycles. The van der Waals surface area contributed by atoms with Gasteiger partial charge in [0.15, 0.2) is 0 Å². The van der Waals surface area contributed by atoms with Crippen LogP contribution in [0.3, 0.4) is 0 Å². The zero-order chi connectivity index (χ0) is 21.2. The molecule has 6 nitrogen and oxygen atoms in total. The van der Waals surface area contributed by atoms with Gasteiger partial charge >= 0.3 is 0 Å². The van der Waals surface area contributed by atoms with Crippen LogP contribution in [0.25, 0.3) is 16.8 Å². The molecule has 3 aromatic rings. The van der Waals surface area contributed by atoms with Crippen molar-refractivity contribution in [2.24, 2.45) is 0 Å². The summed E-state index contributed by atoms with van der Waals surface area (Å²) in [6.45, 7) is 0.476. The van der Waals surface area contributed by atoms with E-state index in [9.17, 15) is 16.8 Å². The number of hydrogen-bond donors (Lipinski definition) is 0. The summed E-state index contributed by atoms with van der Waals surface area (Å²) in [6.07, 6.45) is 1.55. The second-order valence-electron chi connectivity index (χ2n) is 7.07. The quantitative estimate of drug-likeness (QED) is 0.608. The first-order valence-corrected chi connectivity index (χ1v) is 12.5. The fraction of sp³-hybridized carbons (Fsp3) is 0.182. The predicted molar refractivity (Wildman–Crippen MR) is 119 cm³/mol. The fourth-order valence-corrected chi connectivity index (χ4v) is 6.09. The Labute approximate surface area is 177 Å². The van der Waals surface area contributed by atoms with E-state index in [4.69, 9.17) is 0 Å². The summed E-state index contributed by atoms with van der Waals surface area (Å²) in [5.41, 5.74) is 0.790. The summed E-state index contributed by atoms with van der Waals surface area (Å²) in [5, 5.41) is 3.00. The Balaban J connectivity index is 1.47. The third-order valence-corrected chi connectivity index (χ3v) is 8.61. The second-order valence-corrected chi connectivity index (χ2v) is 10.8. The van der Waals surface area contributed by atoms with Gasteiger partial charge in [0.2, 0.25) is 20.0 Å². The molecule has 0 N–H and O–H groups in total. The molecular weight excluding hydrogens is 420 g/mol. The zero-order valence-corrected chi connectivity index (χ0v) is 17.9. The molecule has 1 aliphatic rings. The molecule has 1 heterocycles. The molecule has 0 radical (unpaired) electrons. The van der Waals surface area contributed by atoms with Crippen molar-refractivity contribution in [3.05, 3.63) is 83.8 Å². The molecule has 0 amide bonds. The van der Waals surface area contributed by atoms with Gasteiger partial charge in [0.25, 0.3) is 0 Å². The van der Waals surface area contributed by atoms with E-state index in [0.29, 0.717) is 0 Å². The SMILES string of the molecule is O=S(=O)(C=Cc1ccccc1)N1CCN(S(=O)(=O)c2ccc3ccccc3c2)CC1. The number of benzene rings is 3. The van der Waals surface area contributed by atoms with E-state index in [-0.39, 0.29) is 31.1 Å². The Morgan fingerprint density at radius 3 is 1.97 bits per heavy atom. The molecule has 0 bridgehead atoms. The van der Waals surface area contributed by atoms with E-state index < -0.39 is 20.0 Å². The van der Waals surface area contributed by atoms with Crippen molar-refractivity contribution in [3.63, 3.8) is 0 Å². The van der Waals surface area contributed by atoms with Gasteiger partial charge in [-0.25, -0.2) is 16.8 Å². The highest BCUT2D eigenvalue weighted by Gasteiger charge is 2.32. The molecule has 0 aliphatic carbocycles. The summed E-state index contributed by atoms with van der Waals surface area (Å²) in [4.78, 5) is 0.224. The third kappa shape index (κ3) is 4.32. The molecule has 156 valence electrons. The molecule has 30 heavy (non-hydrogen) atoms. The largest absolute Gasteiger partial charge is 0.243 e. The highest BCUT2D eigenvalue weighted by atomic mass is 32.2. The fourth-order valence-electron chi connectivity index (χ4n) is 3.46. The maximum absolute atomic E-state index is 13.0. The second kappa shape index (κ2) is 8.31. The lowest BCUT2D eigenvalue weighted by atomic mass is 10.1. The average Bonchev–Trinajstić information content (AvgIpc) is 2.78. The number of sulfonamides is 2. The van der Waals surface area contributed by atoms with Crippen molar-refractivity contribution in [2.45, 2.75) is 4.90 Å². The highest BCUT2D eigenvalue weighted by Crippen LogP contribution is 2.23. The molecule has 1 aliphatic heterocycles. The minimum atomic E-state index is -3.68. The summed E-state index contributed by atoms with van der Waals surface area (Å²) >= 11 is 0. The van der Waals surface area contributed by atoms with Crippen LogP contribution < -0.4 is 0 Å². The molecule has 0 atom stereocenters. The van der Waals surface area contributed by atoms with Crippen molar-refractivity contribution in [1.29, 1.82) is 0 Å². The third-order valence-electron chi connectivity index (χ3n) is 5.15. The van der Waals surface area contributed by atoms with Crippen LogP contribution in [0.15, 0.2) is 83.1 Å². The Bertz CT molecular complexity index is 1280. The van der Waals surface area contributed by atoms with Crippen molar-refractivity contribution in [1.82, 2.24) is 8.61 Å². The Kier molecular flexibility index (Phi) is 5.75. The summed E-state index contributed by atoms with van der Waals surface area (Å²) in [6, 6.07) is 21.8. The van der Waals surface area contributed by atoms with Gasteiger partial charge in [-0.2, -0.15) is 8.61 Å². The average molecular weight is 443 g/mol. The number of piperazine rings is 1. The monoisotopic (exact) mass is 442 g/mol. The van der Waals surface area contributed by atoms with Crippen LogP contribution >= 0.6 is 0 Å². The highest BCUT2D eigenvalue weighted by molar-refractivity contribution is 7.92. The van der Waals surface area contributed by atoms with Gasteiger partial charge in [-0.1, -0.05) is 60.7 Å². The van der Waals surface area contributed by atoms with E-state index in [1.165, 1.54) is 14.0 Å².